The van der Waals surface area contributed by atoms with Gasteiger partial charge in [0.1, 0.15) is 0 Å². The van der Waals surface area contributed by atoms with E-state index in [9.17, 15) is 14.7 Å². The molecule has 1 fully saturated rings. The molecule has 0 bridgehead atoms. The first-order chi connectivity index (χ1) is 7.61. The summed E-state index contributed by atoms with van der Waals surface area (Å²) in [5.74, 6) is 0. The van der Waals surface area contributed by atoms with Crippen molar-refractivity contribution >= 4 is 15.0 Å². The van der Waals surface area contributed by atoms with Crippen LogP contribution in [0, 0.1) is 0 Å². The molecule has 1 aliphatic heterocycles. The average molecular weight is 291 g/mol. The van der Waals surface area contributed by atoms with Gasteiger partial charge in [-0.25, -0.2) is 0 Å². The molecule has 0 amide bonds. The Morgan fingerprint density at radius 1 is 1.56 bits per heavy atom. The van der Waals surface area contributed by atoms with Crippen LogP contribution in [0.4, 0.5) is 0 Å². The third kappa shape index (κ3) is 2.12. The van der Waals surface area contributed by atoms with Gasteiger partial charge in [0.25, 0.3) is 0 Å². The second-order valence-electron chi connectivity index (χ2n) is 3.63. The van der Waals surface area contributed by atoms with Gasteiger partial charge in [0.05, 0.1) is 0 Å². The van der Waals surface area contributed by atoms with Crippen LogP contribution < -0.4 is 11.2 Å². The van der Waals surface area contributed by atoms with Crippen LogP contribution in [0.1, 0.15) is 11.4 Å². The van der Waals surface area contributed by atoms with Crippen LogP contribution in [0.2, 0.25) is 4.82 Å². The summed E-state index contributed by atoms with van der Waals surface area (Å²) in [4.78, 5) is 24.4. The van der Waals surface area contributed by atoms with Gasteiger partial charge < -0.3 is 0 Å². The molecule has 0 spiro atoms. The molecule has 0 unspecified atom stereocenters. The number of aliphatic hydroxyl groups is 2. The molecule has 1 aromatic rings. The van der Waals surface area contributed by atoms with Crippen molar-refractivity contribution in [2.45, 2.75) is 22.3 Å². The van der Waals surface area contributed by atoms with Crippen molar-refractivity contribution in [3.05, 3.63) is 33.1 Å². The number of aromatic nitrogens is 2. The second-order valence-corrected chi connectivity index (χ2v) is 6.62. The van der Waals surface area contributed by atoms with Crippen LogP contribution in [0.5, 0.6) is 0 Å². The average Bonchev–Trinajstić information content (AvgIpc) is 2.59. The summed E-state index contributed by atoms with van der Waals surface area (Å²) in [6, 6.07) is 1.29. The Morgan fingerprint density at radius 2 is 2.31 bits per heavy atom. The first kappa shape index (κ1) is 11.6. The molecular weight excluding hydrogens is 279 g/mol. The van der Waals surface area contributed by atoms with E-state index in [0.29, 0.717) is 6.42 Å². The standard InChI is InChI=1S/C9H12N2O4Se/c12-4-6-5(13)3-8(16-6)11-2-1-7(14)10-9(11)15/h1-2,5-6,8,12-13H,3-4H2,(H,10,14,15)/t5-,6+,8+/m0/s1. The zero-order chi connectivity index (χ0) is 11.7. The number of nitrogens with one attached hydrogen (secondary N) is 1. The normalized spacial score (nSPS) is 29.5. The Kier molecular flexibility index (Phi) is 3.30. The second kappa shape index (κ2) is 4.55. The topological polar surface area (TPSA) is 95.3 Å². The summed E-state index contributed by atoms with van der Waals surface area (Å²) in [6.07, 6.45) is 1.34. The molecule has 2 heterocycles. The van der Waals surface area contributed by atoms with Crippen LogP contribution in [0.25, 0.3) is 0 Å². The van der Waals surface area contributed by atoms with Gasteiger partial charge in [-0.15, -0.1) is 0 Å². The summed E-state index contributed by atoms with van der Waals surface area (Å²) in [5, 5.41) is 18.7. The van der Waals surface area contributed by atoms with E-state index >= 15 is 0 Å². The fourth-order valence-electron chi connectivity index (χ4n) is 1.70. The number of aromatic amines is 1. The Hall–Kier alpha value is -0.881. The fraction of sp³-hybridized carbons (Fsp3) is 0.556. The first-order valence-electron chi connectivity index (χ1n) is 4.87. The van der Waals surface area contributed by atoms with Crippen molar-refractivity contribution in [3.63, 3.8) is 0 Å². The minimum absolute atomic E-state index is 0.0454. The number of H-pyrrole nitrogens is 1. The molecule has 2 rings (SSSR count). The van der Waals surface area contributed by atoms with E-state index in [1.165, 1.54) is 16.8 Å². The Morgan fingerprint density at radius 3 is 2.88 bits per heavy atom. The molecule has 3 atom stereocenters. The Balaban J connectivity index is 2.27. The van der Waals surface area contributed by atoms with Crippen LogP contribution in [0.3, 0.4) is 0 Å². The monoisotopic (exact) mass is 292 g/mol. The van der Waals surface area contributed by atoms with Crippen molar-refractivity contribution < 1.29 is 10.2 Å². The van der Waals surface area contributed by atoms with E-state index in [1.807, 2.05) is 0 Å². The Labute approximate surface area is 97.1 Å². The van der Waals surface area contributed by atoms with Crippen LogP contribution in [-0.4, -0.2) is 47.4 Å². The van der Waals surface area contributed by atoms with Crippen molar-refractivity contribution in [2.75, 3.05) is 6.61 Å². The molecule has 16 heavy (non-hydrogen) atoms. The van der Waals surface area contributed by atoms with Crippen molar-refractivity contribution in [1.29, 1.82) is 0 Å². The van der Waals surface area contributed by atoms with Gasteiger partial charge in [-0.2, -0.15) is 0 Å². The zero-order valence-electron chi connectivity index (χ0n) is 8.37. The molecule has 0 aliphatic carbocycles. The van der Waals surface area contributed by atoms with Gasteiger partial charge in [0, 0.05) is 0 Å². The van der Waals surface area contributed by atoms with Gasteiger partial charge in [-0.1, -0.05) is 0 Å². The summed E-state index contributed by atoms with van der Waals surface area (Å²) < 4.78 is 1.43. The summed E-state index contributed by atoms with van der Waals surface area (Å²) >= 11 is -0.0454. The van der Waals surface area contributed by atoms with Crippen LogP contribution >= 0.6 is 0 Å². The molecule has 0 radical (unpaired) electrons. The van der Waals surface area contributed by atoms with Gasteiger partial charge >= 0.3 is 96.7 Å². The Bertz CT molecular complexity index is 483. The zero-order valence-corrected chi connectivity index (χ0v) is 10.1. The number of rotatable bonds is 2. The maximum absolute atomic E-state index is 11.5. The molecule has 0 aromatic carbocycles. The van der Waals surface area contributed by atoms with Gasteiger partial charge in [0.15, 0.2) is 0 Å². The molecule has 1 aliphatic rings. The third-order valence-corrected chi connectivity index (χ3v) is 5.79. The van der Waals surface area contributed by atoms with Gasteiger partial charge in [-0.3, -0.25) is 0 Å². The molecule has 6 nitrogen and oxygen atoms in total. The molecule has 88 valence electrons. The van der Waals surface area contributed by atoms with Crippen molar-refractivity contribution in [2.24, 2.45) is 0 Å². The fourth-order valence-corrected chi connectivity index (χ4v) is 4.62. The molecular formula is C9H12N2O4Se. The quantitative estimate of drug-likeness (QED) is 0.565. The SMILES string of the molecule is O=c1ccn([C@H]2C[C@H](O)[C@@H](CO)[Se]2)c(=O)[nH]1. The predicted molar refractivity (Wildman–Crippen MR) is 57.6 cm³/mol. The summed E-state index contributed by atoms with van der Waals surface area (Å²) in [6.45, 7) is -0.0598. The number of nitrogens with zero attached hydrogens (tertiary/aromatic N) is 1. The molecule has 0 saturated carbocycles. The summed E-state index contributed by atoms with van der Waals surface area (Å²) in [5.41, 5.74) is -0.879. The van der Waals surface area contributed by atoms with Crippen molar-refractivity contribution in [1.82, 2.24) is 9.55 Å². The van der Waals surface area contributed by atoms with E-state index < -0.39 is 17.4 Å². The number of hydrogen-bond donors (Lipinski definition) is 3. The van der Waals surface area contributed by atoms with E-state index in [0.717, 1.165) is 0 Å². The van der Waals surface area contributed by atoms with Crippen molar-refractivity contribution in [3.8, 4) is 0 Å². The predicted octanol–water partition coefficient (Wildman–Crippen LogP) is -1.72. The molecule has 1 aromatic heterocycles. The van der Waals surface area contributed by atoms with Crippen LogP contribution in [0.15, 0.2) is 21.9 Å². The maximum atomic E-state index is 11.5. The first-order valence-corrected chi connectivity index (χ1v) is 6.85. The van der Waals surface area contributed by atoms with E-state index in [-0.39, 0.29) is 31.3 Å². The molecule has 7 heteroatoms. The van der Waals surface area contributed by atoms with Crippen LogP contribution in [-0.2, 0) is 0 Å². The van der Waals surface area contributed by atoms with E-state index in [1.54, 1.807) is 0 Å². The molecule has 3 N–H and O–H groups in total. The molecule has 1 saturated heterocycles. The summed E-state index contributed by atoms with van der Waals surface area (Å²) in [7, 11) is 0. The van der Waals surface area contributed by atoms with Gasteiger partial charge in [-0.05, 0) is 0 Å². The third-order valence-electron chi connectivity index (χ3n) is 2.55. The number of aliphatic hydroxyl groups excluding tert-OH is 2. The van der Waals surface area contributed by atoms with Gasteiger partial charge in [0.2, 0.25) is 0 Å². The van der Waals surface area contributed by atoms with E-state index in [4.69, 9.17) is 5.11 Å². The van der Waals surface area contributed by atoms with E-state index in [2.05, 4.69) is 4.98 Å². The minimum atomic E-state index is -0.561. The number of hydrogen-bond acceptors (Lipinski definition) is 4.